The van der Waals surface area contributed by atoms with Crippen LogP contribution in [0.15, 0.2) is 78.4 Å². The molecule has 1 aliphatic heterocycles. The quantitative estimate of drug-likeness (QED) is 0.191. The van der Waals surface area contributed by atoms with E-state index in [1.807, 2.05) is 31.2 Å². The predicted octanol–water partition coefficient (Wildman–Crippen LogP) is 4.53. The molecule has 0 radical (unpaired) electrons. The number of nitro benzene ring substituents is 1. The van der Waals surface area contributed by atoms with Gasteiger partial charge in [0.25, 0.3) is 17.4 Å². The molecule has 1 atom stereocenters. The summed E-state index contributed by atoms with van der Waals surface area (Å²) in [5, 5.41) is 22.3. The van der Waals surface area contributed by atoms with Gasteiger partial charge in [0.2, 0.25) is 0 Å². The van der Waals surface area contributed by atoms with E-state index in [2.05, 4.69) is 0 Å². The number of nitrogens with zero attached hydrogens (tertiary/aromatic N) is 2. The molecule has 1 saturated heterocycles. The molecule has 34 heavy (non-hydrogen) atoms. The SMILES string of the molecule is COc1cccc(CN2C(=O)C(=O)/C(=C(\O)c3cccc([N+](=O)[O-])c3)C2c2cccc(C)c2)c1. The summed E-state index contributed by atoms with van der Waals surface area (Å²) in [5.74, 6) is -1.46. The van der Waals surface area contributed by atoms with Crippen LogP contribution in [0.25, 0.3) is 5.76 Å². The van der Waals surface area contributed by atoms with Gasteiger partial charge in [0, 0.05) is 24.2 Å². The number of rotatable bonds is 6. The van der Waals surface area contributed by atoms with E-state index in [9.17, 15) is 24.8 Å². The van der Waals surface area contributed by atoms with E-state index >= 15 is 0 Å². The van der Waals surface area contributed by atoms with Crippen LogP contribution in [0.2, 0.25) is 0 Å². The van der Waals surface area contributed by atoms with Crippen LogP contribution >= 0.6 is 0 Å². The number of aryl methyl sites for hydroxylation is 1. The van der Waals surface area contributed by atoms with E-state index in [-0.39, 0.29) is 23.4 Å². The number of benzene rings is 3. The Morgan fingerprint density at radius 2 is 1.79 bits per heavy atom. The number of amides is 1. The summed E-state index contributed by atoms with van der Waals surface area (Å²) in [7, 11) is 1.54. The van der Waals surface area contributed by atoms with Crippen LogP contribution in [-0.4, -0.2) is 33.7 Å². The number of ketones is 1. The molecule has 1 heterocycles. The Bertz CT molecular complexity index is 1330. The van der Waals surface area contributed by atoms with Gasteiger partial charge in [0.1, 0.15) is 11.5 Å². The number of methoxy groups -OCH3 is 1. The molecule has 3 aromatic carbocycles. The standard InChI is InChI=1S/C26H22N2O6/c1-16-6-3-8-18(12-16)23-22(24(29)19-9-5-10-20(14-19)28(32)33)25(30)26(31)27(23)15-17-7-4-11-21(13-17)34-2/h3-14,23,29H,15H2,1-2H3/b24-22-. The highest BCUT2D eigenvalue weighted by Gasteiger charge is 2.46. The molecule has 1 amide bonds. The molecule has 0 aliphatic carbocycles. The van der Waals surface area contributed by atoms with E-state index in [0.29, 0.717) is 11.3 Å². The smallest absolute Gasteiger partial charge is 0.295 e. The maximum atomic E-state index is 13.2. The van der Waals surface area contributed by atoms with Crippen molar-refractivity contribution in [2.45, 2.75) is 19.5 Å². The lowest BCUT2D eigenvalue weighted by molar-refractivity contribution is -0.384. The Morgan fingerprint density at radius 3 is 2.50 bits per heavy atom. The molecular formula is C26H22N2O6. The number of carbonyl (C=O) groups excluding carboxylic acids is 2. The van der Waals surface area contributed by atoms with Crippen molar-refractivity contribution in [2.24, 2.45) is 0 Å². The van der Waals surface area contributed by atoms with Crippen molar-refractivity contribution in [3.63, 3.8) is 0 Å². The molecule has 1 unspecified atom stereocenters. The van der Waals surface area contributed by atoms with Gasteiger partial charge in [-0.1, -0.05) is 54.1 Å². The lowest BCUT2D eigenvalue weighted by atomic mass is 9.94. The first-order chi connectivity index (χ1) is 16.3. The Labute approximate surface area is 195 Å². The number of likely N-dealkylation sites (tertiary alicyclic amines) is 1. The Balaban J connectivity index is 1.87. The minimum absolute atomic E-state index is 0.0891. The van der Waals surface area contributed by atoms with Gasteiger partial charge >= 0.3 is 0 Å². The second-order valence-corrected chi connectivity index (χ2v) is 8.00. The molecule has 0 aromatic heterocycles. The maximum Gasteiger partial charge on any atom is 0.295 e. The second kappa shape index (κ2) is 9.19. The average Bonchev–Trinajstić information content (AvgIpc) is 3.08. The summed E-state index contributed by atoms with van der Waals surface area (Å²) < 4.78 is 5.27. The van der Waals surface area contributed by atoms with E-state index in [1.165, 1.54) is 36.3 Å². The highest BCUT2D eigenvalue weighted by molar-refractivity contribution is 6.46. The third kappa shape index (κ3) is 4.25. The van der Waals surface area contributed by atoms with Crippen LogP contribution in [0.5, 0.6) is 5.75 Å². The van der Waals surface area contributed by atoms with Crippen LogP contribution in [0.1, 0.15) is 28.3 Å². The van der Waals surface area contributed by atoms with Crippen molar-refractivity contribution < 1.29 is 24.4 Å². The summed E-state index contributed by atoms with van der Waals surface area (Å²) in [6, 6.07) is 18.9. The molecular weight excluding hydrogens is 436 g/mol. The van der Waals surface area contributed by atoms with Crippen molar-refractivity contribution >= 4 is 23.1 Å². The van der Waals surface area contributed by atoms with E-state index in [4.69, 9.17) is 4.74 Å². The minimum Gasteiger partial charge on any atom is -0.507 e. The summed E-state index contributed by atoms with van der Waals surface area (Å²) in [4.78, 5) is 38.3. The normalized spacial score (nSPS) is 17.1. The first-order valence-electron chi connectivity index (χ1n) is 10.5. The van der Waals surface area contributed by atoms with Gasteiger partial charge in [-0.3, -0.25) is 19.7 Å². The van der Waals surface area contributed by atoms with Crippen molar-refractivity contribution in [1.29, 1.82) is 0 Å². The van der Waals surface area contributed by atoms with Gasteiger partial charge in [-0.25, -0.2) is 0 Å². The number of hydrogen-bond donors (Lipinski definition) is 1. The van der Waals surface area contributed by atoms with Crippen molar-refractivity contribution in [3.05, 3.63) is 111 Å². The largest absolute Gasteiger partial charge is 0.507 e. The monoisotopic (exact) mass is 458 g/mol. The van der Waals surface area contributed by atoms with Gasteiger partial charge in [0.05, 0.1) is 23.6 Å². The fourth-order valence-corrected chi connectivity index (χ4v) is 4.12. The molecule has 0 saturated carbocycles. The molecule has 0 bridgehead atoms. The third-order valence-electron chi connectivity index (χ3n) is 5.72. The lowest BCUT2D eigenvalue weighted by Gasteiger charge is -2.26. The van der Waals surface area contributed by atoms with Crippen LogP contribution < -0.4 is 4.74 Å². The molecule has 1 N–H and O–H groups in total. The fourth-order valence-electron chi connectivity index (χ4n) is 4.12. The number of nitro groups is 1. The molecule has 8 nitrogen and oxygen atoms in total. The Kier molecular flexibility index (Phi) is 6.14. The third-order valence-corrected chi connectivity index (χ3v) is 5.72. The highest BCUT2D eigenvalue weighted by Crippen LogP contribution is 2.41. The zero-order valence-electron chi connectivity index (χ0n) is 18.6. The maximum absolute atomic E-state index is 13.2. The van der Waals surface area contributed by atoms with E-state index in [1.54, 1.807) is 24.3 Å². The van der Waals surface area contributed by atoms with Gasteiger partial charge < -0.3 is 14.7 Å². The Morgan fingerprint density at radius 1 is 1.06 bits per heavy atom. The van der Waals surface area contributed by atoms with Crippen molar-refractivity contribution in [2.75, 3.05) is 7.11 Å². The van der Waals surface area contributed by atoms with Gasteiger partial charge in [-0.15, -0.1) is 0 Å². The molecule has 172 valence electrons. The summed E-state index contributed by atoms with van der Waals surface area (Å²) in [6.45, 7) is 1.99. The summed E-state index contributed by atoms with van der Waals surface area (Å²) in [6.07, 6.45) is 0. The first kappa shape index (κ1) is 22.7. The predicted molar refractivity (Wildman–Crippen MR) is 125 cm³/mol. The zero-order chi connectivity index (χ0) is 24.4. The van der Waals surface area contributed by atoms with Crippen molar-refractivity contribution in [3.8, 4) is 5.75 Å². The van der Waals surface area contributed by atoms with E-state index < -0.39 is 28.4 Å². The van der Waals surface area contributed by atoms with Crippen molar-refractivity contribution in [1.82, 2.24) is 4.90 Å². The molecule has 3 aromatic rings. The second-order valence-electron chi connectivity index (χ2n) is 8.00. The molecule has 0 spiro atoms. The van der Waals surface area contributed by atoms with Crippen LogP contribution in [0, 0.1) is 17.0 Å². The molecule has 1 fully saturated rings. The summed E-state index contributed by atoms with van der Waals surface area (Å²) >= 11 is 0. The number of carbonyl (C=O) groups is 2. The number of aliphatic hydroxyl groups excluding tert-OH is 1. The fraction of sp³-hybridized carbons (Fsp3) is 0.154. The summed E-state index contributed by atoms with van der Waals surface area (Å²) in [5.41, 5.74) is 2.05. The highest BCUT2D eigenvalue weighted by atomic mass is 16.6. The van der Waals surface area contributed by atoms with Gasteiger partial charge in [0.15, 0.2) is 0 Å². The number of ether oxygens (including phenoxy) is 1. The molecule has 8 heteroatoms. The van der Waals surface area contributed by atoms with Gasteiger partial charge in [-0.2, -0.15) is 0 Å². The van der Waals surface area contributed by atoms with Crippen LogP contribution in [0.4, 0.5) is 5.69 Å². The zero-order valence-corrected chi connectivity index (χ0v) is 18.6. The lowest BCUT2D eigenvalue weighted by Crippen LogP contribution is -2.29. The molecule has 4 rings (SSSR count). The number of hydrogen-bond acceptors (Lipinski definition) is 6. The Hall–Kier alpha value is -4.46. The van der Waals surface area contributed by atoms with Gasteiger partial charge in [-0.05, 0) is 30.2 Å². The minimum atomic E-state index is -0.870. The topological polar surface area (TPSA) is 110 Å². The number of non-ortho nitro benzene ring substituents is 1. The average molecular weight is 458 g/mol. The molecule has 1 aliphatic rings. The van der Waals surface area contributed by atoms with Crippen LogP contribution in [0.3, 0.4) is 0 Å². The number of Topliss-reactive ketones (excluding diaryl/α,β-unsaturated/α-hetero) is 1. The van der Waals surface area contributed by atoms with E-state index in [0.717, 1.165) is 11.1 Å². The van der Waals surface area contributed by atoms with Crippen LogP contribution in [-0.2, 0) is 16.1 Å². The number of aliphatic hydroxyl groups is 1. The first-order valence-corrected chi connectivity index (χ1v) is 10.5.